The van der Waals surface area contributed by atoms with E-state index in [9.17, 15) is 9.59 Å². The Morgan fingerprint density at radius 3 is 0.783 bits per heavy atom. The molecule has 0 aromatic carbocycles. The minimum Gasteiger partial charge on any atom is -0.411 e. The van der Waals surface area contributed by atoms with Crippen LogP contribution in [-0.4, -0.2) is 50.4 Å². The predicted octanol–water partition coefficient (Wildman–Crippen LogP) is 5.20. The van der Waals surface area contributed by atoms with E-state index in [-0.39, 0.29) is 8.57 Å². The molecule has 0 bridgehead atoms. The fraction of sp³-hybridized carbons (Fsp3) is 1.00. The lowest BCUT2D eigenvalue weighted by atomic mass is 10.4. The van der Waals surface area contributed by atoms with Gasteiger partial charge in [-0.1, -0.05) is 91.4 Å². The molecule has 23 heavy (non-hydrogen) atoms. The van der Waals surface area contributed by atoms with Crippen molar-refractivity contribution in [3.8, 4) is 0 Å². The summed E-state index contributed by atoms with van der Waals surface area (Å²) in [6, 6.07) is 0. The van der Waals surface area contributed by atoms with Crippen LogP contribution in [0.4, 0.5) is 0 Å². The van der Waals surface area contributed by atoms with Crippen molar-refractivity contribution in [1.82, 2.24) is 0 Å². The maximum Gasteiger partial charge on any atom is 0.334 e. The molecule has 7 heteroatoms. The van der Waals surface area contributed by atoms with E-state index >= 15 is 0 Å². The fourth-order valence-corrected chi connectivity index (χ4v) is 50.9. The molecule has 2 nitrogen and oxygen atoms in total. The third-order valence-corrected chi connectivity index (χ3v) is 43.5. The molecule has 0 spiro atoms. The van der Waals surface area contributed by atoms with E-state index < -0.39 is 40.9 Å². The molecule has 0 amide bonds. The minimum absolute atomic E-state index is 0.0897. The van der Waals surface area contributed by atoms with E-state index in [1.54, 1.807) is 0 Å². The first kappa shape index (κ1) is 22.0. The second kappa shape index (κ2) is 5.50. The zero-order valence-electron chi connectivity index (χ0n) is 17.8. The highest BCUT2D eigenvalue weighted by Crippen LogP contribution is 2.73. The molecular weight excluding hydrogens is 365 g/mol. The van der Waals surface area contributed by atoms with Crippen LogP contribution in [0, 0.1) is 0 Å². The second-order valence-corrected chi connectivity index (χ2v) is 39.4. The Morgan fingerprint density at radius 2 is 0.696 bits per heavy atom. The van der Waals surface area contributed by atoms with Crippen molar-refractivity contribution in [1.29, 1.82) is 0 Å². The van der Waals surface area contributed by atoms with Gasteiger partial charge in [0.1, 0.15) is 0 Å². The Bertz CT molecular complexity index is 391. The Labute approximate surface area is 150 Å². The molecule has 0 saturated carbocycles. The molecule has 1 aliphatic heterocycles. The van der Waals surface area contributed by atoms with Crippen molar-refractivity contribution >= 4 is 40.9 Å². The quantitative estimate of drug-likeness (QED) is 0.630. The predicted molar refractivity (Wildman–Crippen MR) is 118 cm³/mol. The van der Waals surface area contributed by atoms with Gasteiger partial charge in [0.15, 0.2) is 0 Å². The van der Waals surface area contributed by atoms with Crippen LogP contribution < -0.4 is 0 Å². The smallest absolute Gasteiger partial charge is 0.334 e. The van der Waals surface area contributed by atoms with Gasteiger partial charge in [0.25, 0.3) is 0 Å². The van der Waals surface area contributed by atoms with Gasteiger partial charge in [-0.3, -0.25) is 0 Å². The summed E-state index contributed by atoms with van der Waals surface area (Å²) in [4.78, 5) is 24.4. The van der Waals surface area contributed by atoms with E-state index in [1.807, 2.05) is 0 Å². The largest absolute Gasteiger partial charge is 0.411 e. The molecule has 1 rings (SSSR count). The van der Waals surface area contributed by atoms with Crippen LogP contribution in [0.2, 0.25) is 87.1 Å². The van der Waals surface area contributed by atoms with Crippen LogP contribution in [0.5, 0.6) is 0 Å². The van der Waals surface area contributed by atoms with Gasteiger partial charge in [-0.2, -0.15) is 0 Å². The fourth-order valence-electron chi connectivity index (χ4n) is 6.93. The van der Waals surface area contributed by atoms with Crippen LogP contribution >= 0.6 is 0 Å². The number of hydrogen-bond donors (Lipinski definition) is 2. The van der Waals surface area contributed by atoms with Crippen molar-refractivity contribution in [3.05, 3.63) is 0 Å². The van der Waals surface area contributed by atoms with Crippen LogP contribution in [-0.2, 0) is 0 Å². The SMILES string of the molecule is C[Si](C)(C)C1([Si](C)(C)C)CCC([Si](C)(C)C)([Si](C)(C)C)[Si]1(O)O. The van der Waals surface area contributed by atoms with Gasteiger partial charge in [0.2, 0.25) is 0 Å². The summed E-state index contributed by atoms with van der Waals surface area (Å²) >= 11 is 0. The van der Waals surface area contributed by atoms with Crippen molar-refractivity contribution < 1.29 is 9.59 Å². The third kappa shape index (κ3) is 2.64. The van der Waals surface area contributed by atoms with Gasteiger partial charge < -0.3 is 9.59 Å². The zero-order valence-corrected chi connectivity index (χ0v) is 22.8. The lowest BCUT2D eigenvalue weighted by Crippen LogP contribution is -2.76. The summed E-state index contributed by atoms with van der Waals surface area (Å²) in [5.41, 5.74) is 0. The molecule has 0 aromatic heterocycles. The standard InChI is InChI=1S/C16H42O2Si5/c1-19(2,3)15(20(4,5)6)13-14-16(21(7,8)9,22(10,11)12)23(15,17)18/h17-18H,13-14H2,1-12H3. The van der Waals surface area contributed by atoms with Crippen molar-refractivity contribution in [2.24, 2.45) is 0 Å². The van der Waals surface area contributed by atoms with Gasteiger partial charge in [0, 0.05) is 8.57 Å². The highest BCUT2D eigenvalue weighted by atomic mass is 28.5. The molecule has 0 radical (unpaired) electrons. The summed E-state index contributed by atoms with van der Waals surface area (Å²) in [6.07, 6.45) is 2.18. The first-order valence-corrected chi connectivity index (χ1v) is 25.0. The first-order chi connectivity index (χ1) is 9.71. The Hall–Kier alpha value is 1.00. The van der Waals surface area contributed by atoms with Crippen LogP contribution in [0.25, 0.3) is 0 Å². The Kier molecular flexibility index (Phi) is 5.27. The molecule has 0 aromatic rings. The highest BCUT2D eigenvalue weighted by molar-refractivity contribution is 7.23. The third-order valence-electron chi connectivity index (χ3n) is 7.19. The molecule has 0 unspecified atom stereocenters. The average Bonchev–Trinajstić information content (AvgIpc) is 2.42. The van der Waals surface area contributed by atoms with Gasteiger partial charge in [-0.05, 0) is 0 Å². The van der Waals surface area contributed by atoms with E-state index in [2.05, 4.69) is 78.6 Å². The van der Waals surface area contributed by atoms with Gasteiger partial charge in [0.05, 0.1) is 32.3 Å². The summed E-state index contributed by atoms with van der Waals surface area (Å²) in [7, 11) is -10.3. The van der Waals surface area contributed by atoms with E-state index in [4.69, 9.17) is 0 Å². The summed E-state index contributed by atoms with van der Waals surface area (Å²) < 4.78 is -0.179. The van der Waals surface area contributed by atoms with Gasteiger partial charge >= 0.3 is 8.56 Å². The Balaban J connectivity index is 3.88. The van der Waals surface area contributed by atoms with Crippen LogP contribution in [0.15, 0.2) is 0 Å². The molecule has 138 valence electrons. The van der Waals surface area contributed by atoms with Gasteiger partial charge in [-0.25, -0.2) is 0 Å². The Morgan fingerprint density at radius 1 is 0.522 bits per heavy atom. The molecule has 2 N–H and O–H groups in total. The molecular formula is C16H42O2Si5. The van der Waals surface area contributed by atoms with Crippen molar-refractivity contribution in [2.75, 3.05) is 0 Å². The monoisotopic (exact) mass is 406 g/mol. The van der Waals surface area contributed by atoms with Crippen LogP contribution in [0.3, 0.4) is 0 Å². The maximum absolute atomic E-state index is 12.2. The van der Waals surface area contributed by atoms with Gasteiger partial charge in [-0.15, -0.1) is 0 Å². The van der Waals surface area contributed by atoms with E-state index in [1.165, 1.54) is 0 Å². The number of rotatable bonds is 4. The topological polar surface area (TPSA) is 40.5 Å². The molecule has 0 atom stereocenters. The molecule has 1 saturated heterocycles. The van der Waals surface area contributed by atoms with Crippen molar-refractivity contribution in [2.45, 2.75) is 100.0 Å². The maximum atomic E-state index is 12.2. The average molecular weight is 407 g/mol. The molecule has 1 heterocycles. The summed E-state index contributed by atoms with van der Waals surface area (Å²) in [5.74, 6) is 0. The molecule has 1 aliphatic rings. The first-order valence-electron chi connectivity index (χ1n) is 9.15. The van der Waals surface area contributed by atoms with E-state index in [0.29, 0.717) is 0 Å². The summed E-state index contributed by atoms with van der Waals surface area (Å²) in [5, 5.41) is 0. The number of hydrogen-bond acceptors (Lipinski definition) is 2. The lowest BCUT2D eigenvalue weighted by Gasteiger charge is -2.61. The molecule has 1 fully saturated rings. The normalized spacial score (nSPS) is 24.8. The summed E-state index contributed by atoms with van der Waals surface area (Å²) in [6.45, 7) is 28.9. The van der Waals surface area contributed by atoms with E-state index in [0.717, 1.165) is 12.8 Å². The molecule has 0 aliphatic carbocycles. The van der Waals surface area contributed by atoms with Crippen molar-refractivity contribution in [3.63, 3.8) is 0 Å². The minimum atomic E-state index is -3.39. The highest BCUT2D eigenvalue weighted by Gasteiger charge is 2.81. The lowest BCUT2D eigenvalue weighted by molar-refractivity contribution is 0.341. The second-order valence-electron chi connectivity index (χ2n) is 12.0. The van der Waals surface area contributed by atoms with Crippen LogP contribution in [0.1, 0.15) is 12.8 Å². The zero-order chi connectivity index (χ0) is 18.9.